The van der Waals surface area contributed by atoms with Crippen LogP contribution in [0, 0.1) is 11.8 Å². The molecule has 0 radical (unpaired) electrons. The summed E-state index contributed by atoms with van der Waals surface area (Å²) < 4.78 is 9.86. The average Bonchev–Trinajstić information content (AvgIpc) is 2.80. The van der Waals surface area contributed by atoms with E-state index in [1.165, 1.54) is 18.2 Å². The molecular formula is C27H44O4S. The Morgan fingerprint density at radius 1 is 1.12 bits per heavy atom. The topological polar surface area (TPSA) is 52.6 Å². The van der Waals surface area contributed by atoms with Gasteiger partial charge in [0.05, 0.1) is 13.7 Å². The SMILES string of the molecule is CC.CCC(/C=C/CCc1cccc(COC)c1)[C@@H](CCSCCCC(=O)OC)C(C)=O. The van der Waals surface area contributed by atoms with Gasteiger partial charge in [0.15, 0.2) is 0 Å². The zero-order valence-electron chi connectivity index (χ0n) is 21.0. The molecule has 1 unspecified atom stereocenters. The number of Topliss-reactive ketones (excluding diaryl/α,β-unsaturated/α-hetero) is 1. The summed E-state index contributed by atoms with van der Waals surface area (Å²) in [5.74, 6) is 2.35. The number of esters is 1. The molecule has 0 aliphatic heterocycles. The van der Waals surface area contributed by atoms with Gasteiger partial charge in [0.25, 0.3) is 0 Å². The molecule has 0 N–H and O–H groups in total. The number of hydrogen-bond acceptors (Lipinski definition) is 5. The molecule has 182 valence electrons. The maximum Gasteiger partial charge on any atom is 0.305 e. The van der Waals surface area contributed by atoms with Crippen LogP contribution in [0.15, 0.2) is 36.4 Å². The number of rotatable bonds is 16. The Labute approximate surface area is 200 Å². The lowest BCUT2D eigenvalue weighted by atomic mass is 9.84. The predicted octanol–water partition coefficient (Wildman–Crippen LogP) is 6.66. The van der Waals surface area contributed by atoms with E-state index in [0.29, 0.717) is 13.0 Å². The maximum absolute atomic E-state index is 12.2. The molecule has 2 atom stereocenters. The molecule has 4 nitrogen and oxygen atoms in total. The number of ether oxygens (including phenoxy) is 2. The molecule has 0 aliphatic rings. The number of carbonyl (C=O) groups excluding carboxylic acids is 2. The van der Waals surface area contributed by atoms with Crippen LogP contribution in [0.3, 0.4) is 0 Å². The van der Waals surface area contributed by atoms with Crippen molar-refractivity contribution in [2.45, 2.75) is 72.8 Å². The van der Waals surface area contributed by atoms with Crippen molar-refractivity contribution < 1.29 is 19.1 Å². The largest absolute Gasteiger partial charge is 0.469 e. The lowest BCUT2D eigenvalue weighted by Gasteiger charge is -2.21. The molecule has 1 rings (SSSR count). The van der Waals surface area contributed by atoms with Crippen LogP contribution in [0.2, 0.25) is 0 Å². The van der Waals surface area contributed by atoms with Crippen molar-refractivity contribution >= 4 is 23.5 Å². The zero-order valence-corrected chi connectivity index (χ0v) is 21.8. The van der Waals surface area contributed by atoms with Gasteiger partial charge in [-0.1, -0.05) is 57.2 Å². The van der Waals surface area contributed by atoms with E-state index in [1.54, 1.807) is 14.0 Å². The highest BCUT2D eigenvalue weighted by molar-refractivity contribution is 7.99. The second-order valence-electron chi connectivity index (χ2n) is 7.59. The Morgan fingerprint density at radius 2 is 1.84 bits per heavy atom. The Kier molecular flexibility index (Phi) is 19.1. The fourth-order valence-corrected chi connectivity index (χ4v) is 4.54. The van der Waals surface area contributed by atoms with Crippen LogP contribution in [0.1, 0.15) is 70.9 Å². The minimum Gasteiger partial charge on any atom is -0.469 e. The normalized spacial score (nSPS) is 12.7. The van der Waals surface area contributed by atoms with E-state index < -0.39 is 0 Å². The summed E-state index contributed by atoms with van der Waals surface area (Å²) >= 11 is 1.82. The van der Waals surface area contributed by atoms with E-state index in [4.69, 9.17) is 4.74 Å². The van der Waals surface area contributed by atoms with E-state index >= 15 is 0 Å². The quantitative estimate of drug-likeness (QED) is 0.156. The van der Waals surface area contributed by atoms with Crippen molar-refractivity contribution in [3.05, 3.63) is 47.5 Å². The molecule has 0 heterocycles. The highest BCUT2D eigenvalue weighted by atomic mass is 32.2. The van der Waals surface area contributed by atoms with Crippen molar-refractivity contribution in [2.75, 3.05) is 25.7 Å². The van der Waals surface area contributed by atoms with Crippen LogP contribution in [0.5, 0.6) is 0 Å². The summed E-state index contributed by atoms with van der Waals surface area (Å²) in [6.45, 7) is 8.51. The van der Waals surface area contributed by atoms with Gasteiger partial charge in [-0.2, -0.15) is 11.8 Å². The van der Waals surface area contributed by atoms with Crippen molar-refractivity contribution in [1.29, 1.82) is 0 Å². The average molecular weight is 465 g/mol. The molecule has 1 aromatic carbocycles. The molecule has 0 saturated carbocycles. The minimum absolute atomic E-state index is 0.0735. The number of thioether (sulfide) groups is 1. The van der Waals surface area contributed by atoms with Crippen LogP contribution in [-0.4, -0.2) is 37.5 Å². The van der Waals surface area contributed by atoms with E-state index in [9.17, 15) is 9.59 Å². The fourth-order valence-electron chi connectivity index (χ4n) is 3.57. The Balaban J connectivity index is 0.00000466. The number of methoxy groups -OCH3 is 2. The number of allylic oxidation sites excluding steroid dienone is 2. The van der Waals surface area contributed by atoms with Gasteiger partial charge in [-0.3, -0.25) is 9.59 Å². The van der Waals surface area contributed by atoms with E-state index in [-0.39, 0.29) is 23.6 Å². The van der Waals surface area contributed by atoms with Crippen LogP contribution < -0.4 is 0 Å². The van der Waals surface area contributed by atoms with Gasteiger partial charge < -0.3 is 9.47 Å². The summed E-state index contributed by atoms with van der Waals surface area (Å²) in [5, 5.41) is 0. The van der Waals surface area contributed by atoms with E-state index in [1.807, 2.05) is 25.6 Å². The number of carbonyl (C=O) groups is 2. The molecule has 0 bridgehead atoms. The molecule has 0 aliphatic carbocycles. The van der Waals surface area contributed by atoms with E-state index in [0.717, 1.165) is 43.6 Å². The Hall–Kier alpha value is -1.59. The van der Waals surface area contributed by atoms with Crippen molar-refractivity contribution in [3.8, 4) is 0 Å². The first-order valence-corrected chi connectivity index (χ1v) is 13.1. The standard InChI is InChI=1S/C25H38O4S.C2H6/c1-5-23(13-7-6-10-21-11-8-12-22(18-21)19-28-3)24(20(2)26)15-17-30-16-9-14-25(27)29-4;1-2/h7-8,11-13,18,23-24H,5-6,9-10,14-17,19H2,1-4H3;1-2H3/b13-7+;/t23?,24-;/m0./s1. The molecule has 5 heteroatoms. The molecule has 32 heavy (non-hydrogen) atoms. The second kappa shape index (κ2) is 20.0. The van der Waals surface area contributed by atoms with Crippen LogP contribution in [0.4, 0.5) is 0 Å². The Bertz CT molecular complexity index is 657. The van der Waals surface area contributed by atoms with Gasteiger partial charge in [-0.05, 0) is 67.6 Å². The molecule has 0 aromatic heterocycles. The summed E-state index contributed by atoms with van der Waals surface area (Å²) in [4.78, 5) is 23.4. The third-order valence-corrected chi connectivity index (χ3v) is 6.37. The molecule has 0 saturated heterocycles. The van der Waals surface area contributed by atoms with Crippen LogP contribution >= 0.6 is 11.8 Å². The maximum atomic E-state index is 12.2. The second-order valence-corrected chi connectivity index (χ2v) is 8.81. The van der Waals surface area contributed by atoms with Gasteiger partial charge in [-0.15, -0.1) is 0 Å². The van der Waals surface area contributed by atoms with Gasteiger partial charge in [-0.25, -0.2) is 0 Å². The molecule has 0 amide bonds. The first-order valence-electron chi connectivity index (χ1n) is 11.9. The first-order chi connectivity index (χ1) is 15.5. The number of hydrogen-bond donors (Lipinski definition) is 0. The lowest BCUT2D eigenvalue weighted by molar-refractivity contribution is -0.140. The highest BCUT2D eigenvalue weighted by Gasteiger charge is 2.21. The first kappa shape index (κ1) is 30.4. The van der Waals surface area contributed by atoms with Crippen LogP contribution in [0.25, 0.3) is 0 Å². The molecule has 1 aromatic rings. The van der Waals surface area contributed by atoms with Gasteiger partial charge in [0.1, 0.15) is 5.78 Å². The number of benzene rings is 1. The van der Waals surface area contributed by atoms with Gasteiger partial charge >= 0.3 is 5.97 Å². The van der Waals surface area contributed by atoms with Crippen molar-refractivity contribution in [1.82, 2.24) is 0 Å². The predicted molar refractivity (Wildman–Crippen MR) is 137 cm³/mol. The third kappa shape index (κ3) is 13.7. The summed E-state index contributed by atoms with van der Waals surface area (Å²) in [7, 11) is 3.14. The monoisotopic (exact) mass is 464 g/mol. The van der Waals surface area contributed by atoms with Crippen molar-refractivity contribution in [2.24, 2.45) is 11.8 Å². The summed E-state index contributed by atoms with van der Waals surface area (Å²) in [5.41, 5.74) is 2.51. The molecular weight excluding hydrogens is 420 g/mol. The van der Waals surface area contributed by atoms with Crippen LogP contribution in [-0.2, 0) is 32.1 Å². The minimum atomic E-state index is -0.154. The van der Waals surface area contributed by atoms with Crippen molar-refractivity contribution in [3.63, 3.8) is 0 Å². The number of ketones is 1. The molecule has 0 spiro atoms. The van der Waals surface area contributed by atoms with Gasteiger partial charge in [0.2, 0.25) is 0 Å². The lowest BCUT2D eigenvalue weighted by Crippen LogP contribution is -2.21. The highest BCUT2D eigenvalue weighted by Crippen LogP contribution is 2.25. The number of aryl methyl sites for hydroxylation is 1. The summed E-state index contributed by atoms with van der Waals surface area (Å²) in [6.07, 6.45) is 9.59. The van der Waals surface area contributed by atoms with Gasteiger partial charge in [0, 0.05) is 19.4 Å². The zero-order chi connectivity index (χ0) is 24.2. The van der Waals surface area contributed by atoms with E-state index in [2.05, 4.69) is 48.1 Å². The summed E-state index contributed by atoms with van der Waals surface area (Å²) in [6, 6.07) is 8.52. The fraction of sp³-hybridized carbons (Fsp3) is 0.630. The Morgan fingerprint density at radius 3 is 2.47 bits per heavy atom. The molecule has 0 fully saturated rings. The third-order valence-electron chi connectivity index (χ3n) is 5.27. The smallest absolute Gasteiger partial charge is 0.305 e.